The third-order valence-electron chi connectivity index (χ3n) is 2.03. The molecule has 58 valence electrons. The summed E-state index contributed by atoms with van der Waals surface area (Å²) in [6, 6.07) is 0.133. The van der Waals surface area contributed by atoms with Crippen LogP contribution in [0.1, 0.15) is 19.3 Å². The number of likely N-dealkylation sites (tertiary alicyclic amines) is 1. The van der Waals surface area contributed by atoms with Gasteiger partial charge in [-0.15, -0.1) is 0 Å². The van der Waals surface area contributed by atoms with Gasteiger partial charge in [0.1, 0.15) is 0 Å². The van der Waals surface area contributed by atoms with E-state index in [1.54, 1.807) is 0 Å². The Morgan fingerprint density at radius 2 is 2.30 bits per heavy atom. The quantitative estimate of drug-likeness (QED) is 0.604. The van der Waals surface area contributed by atoms with Crippen LogP contribution in [0.4, 0.5) is 0 Å². The van der Waals surface area contributed by atoms with Crippen LogP contribution >= 0.6 is 15.9 Å². The van der Waals surface area contributed by atoms with Crippen molar-refractivity contribution >= 4 is 20.6 Å². The number of carbonyl (C=O) groups is 1. The second kappa shape index (κ2) is 3.49. The van der Waals surface area contributed by atoms with Gasteiger partial charge in [-0.3, -0.25) is 9.69 Å². The number of carbonyl (C=O) groups excluding carboxylic acids is 1. The molecule has 1 fully saturated rings. The van der Waals surface area contributed by atoms with Crippen molar-refractivity contribution in [2.45, 2.75) is 25.3 Å². The Bertz CT molecular complexity index is 138. The molecule has 0 aromatic heterocycles. The first-order chi connectivity index (χ1) is 4.72. The molecule has 3 heteroatoms. The summed E-state index contributed by atoms with van der Waals surface area (Å²) >= 11 is 3.00. The van der Waals surface area contributed by atoms with Crippen LogP contribution in [-0.2, 0) is 4.79 Å². The lowest BCUT2D eigenvalue weighted by atomic mass is 10.0. The zero-order valence-corrected chi connectivity index (χ0v) is 7.73. The molecule has 1 heterocycles. The molecule has 0 N–H and O–H groups in total. The fourth-order valence-electron chi connectivity index (χ4n) is 1.36. The normalized spacial score (nSPS) is 28.4. The van der Waals surface area contributed by atoms with E-state index in [0.29, 0.717) is 0 Å². The Labute approximate surface area is 69.7 Å². The number of halogens is 1. The predicted molar refractivity (Wildman–Crippen MR) is 44.2 cm³/mol. The van der Waals surface area contributed by atoms with Crippen molar-refractivity contribution in [3.05, 3.63) is 0 Å². The highest BCUT2D eigenvalue weighted by Crippen LogP contribution is 2.17. The van der Waals surface area contributed by atoms with Crippen LogP contribution in [0.25, 0.3) is 0 Å². The summed E-state index contributed by atoms with van der Waals surface area (Å²) in [4.78, 5) is 13.0. The maximum Gasteiger partial charge on any atom is 0.214 e. The molecule has 0 unspecified atom stereocenters. The lowest BCUT2D eigenvalue weighted by molar-refractivity contribution is -0.115. The van der Waals surface area contributed by atoms with E-state index in [1.165, 1.54) is 12.8 Å². The van der Waals surface area contributed by atoms with Gasteiger partial charge in [0.15, 0.2) is 0 Å². The van der Waals surface area contributed by atoms with Crippen LogP contribution in [0, 0.1) is 0 Å². The molecule has 2 nitrogen and oxygen atoms in total. The molecule has 1 aliphatic heterocycles. The average molecular weight is 206 g/mol. The van der Waals surface area contributed by atoms with E-state index in [-0.39, 0.29) is 10.7 Å². The van der Waals surface area contributed by atoms with Crippen molar-refractivity contribution < 1.29 is 4.79 Å². The van der Waals surface area contributed by atoms with Gasteiger partial charge in [-0.2, -0.15) is 0 Å². The fraction of sp³-hybridized carbons (Fsp3) is 0.857. The summed E-state index contributed by atoms with van der Waals surface area (Å²) in [5.41, 5.74) is 0. The summed E-state index contributed by atoms with van der Waals surface area (Å²) in [6.45, 7) is 1.06. The predicted octanol–water partition coefficient (Wildman–Crippen LogP) is 1.39. The minimum Gasteiger partial charge on any atom is -0.296 e. The molecule has 0 amide bonds. The van der Waals surface area contributed by atoms with Crippen LogP contribution < -0.4 is 0 Å². The highest BCUT2D eigenvalue weighted by Gasteiger charge is 2.23. The molecule has 1 rings (SSSR count). The summed E-state index contributed by atoms with van der Waals surface area (Å²) in [5, 5.41) is 0. The molecule has 1 atom stereocenters. The lowest BCUT2D eigenvalue weighted by Crippen LogP contribution is -2.39. The van der Waals surface area contributed by atoms with Gasteiger partial charge in [-0.1, -0.05) is 6.42 Å². The molecule has 0 aliphatic carbocycles. The molecular weight excluding hydrogens is 194 g/mol. The largest absolute Gasteiger partial charge is 0.296 e. The van der Waals surface area contributed by atoms with E-state index in [1.807, 2.05) is 7.05 Å². The number of hydrogen-bond donors (Lipinski definition) is 0. The number of rotatable bonds is 1. The van der Waals surface area contributed by atoms with Gasteiger partial charge in [0.2, 0.25) is 4.69 Å². The van der Waals surface area contributed by atoms with Gasteiger partial charge in [-0.25, -0.2) is 0 Å². The standard InChI is InChI=1S/C7H12BrNO/c1-9-5-3-2-4-6(9)7(8)10/h6H,2-5H2,1H3/t6-/m0/s1. The molecule has 1 saturated heterocycles. The van der Waals surface area contributed by atoms with Gasteiger partial charge in [0.05, 0.1) is 6.04 Å². The summed E-state index contributed by atoms with van der Waals surface area (Å²) in [7, 11) is 2.00. The highest BCUT2D eigenvalue weighted by atomic mass is 79.9. The van der Waals surface area contributed by atoms with Crippen molar-refractivity contribution in [1.29, 1.82) is 0 Å². The molecule has 0 bridgehead atoms. The molecule has 0 spiro atoms. The lowest BCUT2D eigenvalue weighted by Gasteiger charge is -2.29. The number of piperidine rings is 1. The highest BCUT2D eigenvalue weighted by molar-refractivity contribution is 9.18. The van der Waals surface area contributed by atoms with Gasteiger partial charge >= 0.3 is 0 Å². The van der Waals surface area contributed by atoms with Gasteiger partial charge in [0.25, 0.3) is 0 Å². The molecule has 0 aromatic carbocycles. The Balaban J connectivity index is 2.47. The third-order valence-corrected chi connectivity index (χ3v) is 2.56. The average Bonchev–Trinajstić information content (AvgIpc) is 1.88. The van der Waals surface area contributed by atoms with Crippen LogP contribution in [-0.4, -0.2) is 29.2 Å². The zero-order valence-electron chi connectivity index (χ0n) is 6.14. The minimum atomic E-state index is 0.133. The zero-order chi connectivity index (χ0) is 7.56. The van der Waals surface area contributed by atoms with Crippen LogP contribution in [0.5, 0.6) is 0 Å². The van der Waals surface area contributed by atoms with E-state index < -0.39 is 0 Å². The summed E-state index contributed by atoms with van der Waals surface area (Å²) in [5.74, 6) is 0. The molecule has 1 aliphatic rings. The monoisotopic (exact) mass is 205 g/mol. The van der Waals surface area contributed by atoms with Crippen molar-refractivity contribution in [2.24, 2.45) is 0 Å². The van der Waals surface area contributed by atoms with Gasteiger partial charge < -0.3 is 0 Å². The second-order valence-corrected chi connectivity index (χ2v) is 3.58. The van der Waals surface area contributed by atoms with Crippen molar-refractivity contribution in [3.63, 3.8) is 0 Å². The van der Waals surface area contributed by atoms with E-state index in [4.69, 9.17) is 0 Å². The van der Waals surface area contributed by atoms with Crippen molar-refractivity contribution in [3.8, 4) is 0 Å². The molecular formula is C7H12BrNO. The maximum atomic E-state index is 10.9. The Hall–Kier alpha value is 0.110. The van der Waals surface area contributed by atoms with Crippen LogP contribution in [0.2, 0.25) is 0 Å². The smallest absolute Gasteiger partial charge is 0.214 e. The first-order valence-electron chi connectivity index (χ1n) is 3.61. The molecule has 10 heavy (non-hydrogen) atoms. The summed E-state index contributed by atoms with van der Waals surface area (Å²) < 4.78 is 0.134. The Morgan fingerprint density at radius 3 is 2.70 bits per heavy atom. The van der Waals surface area contributed by atoms with E-state index in [2.05, 4.69) is 20.8 Å². The third kappa shape index (κ3) is 1.80. The van der Waals surface area contributed by atoms with Crippen LogP contribution in [0.3, 0.4) is 0 Å². The Morgan fingerprint density at radius 1 is 1.60 bits per heavy atom. The molecule has 0 saturated carbocycles. The van der Waals surface area contributed by atoms with Gasteiger partial charge in [-0.05, 0) is 42.4 Å². The number of nitrogens with zero attached hydrogens (tertiary/aromatic N) is 1. The van der Waals surface area contributed by atoms with E-state index >= 15 is 0 Å². The first kappa shape index (κ1) is 8.21. The number of likely N-dealkylation sites (N-methyl/N-ethyl adjacent to an activating group) is 1. The van der Waals surface area contributed by atoms with Crippen molar-refractivity contribution in [2.75, 3.05) is 13.6 Å². The van der Waals surface area contributed by atoms with E-state index in [9.17, 15) is 4.79 Å². The number of hydrogen-bond acceptors (Lipinski definition) is 2. The van der Waals surface area contributed by atoms with E-state index in [0.717, 1.165) is 13.0 Å². The minimum absolute atomic E-state index is 0.133. The maximum absolute atomic E-state index is 10.9. The van der Waals surface area contributed by atoms with Crippen molar-refractivity contribution in [1.82, 2.24) is 4.90 Å². The molecule has 0 aromatic rings. The van der Waals surface area contributed by atoms with Crippen LogP contribution in [0.15, 0.2) is 0 Å². The topological polar surface area (TPSA) is 20.3 Å². The van der Waals surface area contributed by atoms with Gasteiger partial charge in [0, 0.05) is 0 Å². The molecule has 0 radical (unpaired) electrons. The summed E-state index contributed by atoms with van der Waals surface area (Å²) in [6.07, 6.45) is 3.43. The fourth-order valence-corrected chi connectivity index (χ4v) is 1.94. The first-order valence-corrected chi connectivity index (χ1v) is 4.40. The second-order valence-electron chi connectivity index (χ2n) is 2.80. The Kier molecular flexibility index (Phi) is 2.86. The SMILES string of the molecule is CN1CCCC[C@H]1C(=O)Br.